The second-order valence-corrected chi connectivity index (χ2v) is 4.73. The lowest BCUT2D eigenvalue weighted by atomic mass is 9.84. The lowest BCUT2D eigenvalue weighted by molar-refractivity contribution is -0.195. The Kier molecular flexibility index (Phi) is 3.37. The van der Waals surface area contributed by atoms with Crippen molar-refractivity contribution in [3.05, 3.63) is 0 Å². The van der Waals surface area contributed by atoms with Crippen LogP contribution >= 0.6 is 0 Å². The Balaban J connectivity index is 2.63. The molecule has 86 valence electrons. The fourth-order valence-corrected chi connectivity index (χ4v) is 1.35. The molecular formula is C11H18O4. The lowest BCUT2D eigenvalue weighted by Crippen LogP contribution is -2.44. The number of cyclic esters (lactones) is 2. The molecule has 1 rings (SSSR count). The zero-order chi connectivity index (χ0) is 11.6. The maximum atomic E-state index is 11.4. The molecule has 2 unspecified atom stereocenters. The summed E-state index contributed by atoms with van der Waals surface area (Å²) < 4.78 is 9.92. The second-order valence-electron chi connectivity index (χ2n) is 4.73. The van der Waals surface area contributed by atoms with Gasteiger partial charge in [-0.25, -0.2) is 9.59 Å². The van der Waals surface area contributed by atoms with Gasteiger partial charge in [0.25, 0.3) is 0 Å². The maximum absolute atomic E-state index is 11.4. The SMILES string of the molecule is CCC(C)(C)CC1OC(=O)C(C)OC1=O. The summed E-state index contributed by atoms with van der Waals surface area (Å²) in [4.78, 5) is 22.7. The standard InChI is InChI=1S/C11H18O4/c1-5-11(3,4)6-8-10(13)14-7(2)9(12)15-8/h7-8H,5-6H2,1-4H3. The van der Waals surface area contributed by atoms with E-state index in [0.29, 0.717) is 6.42 Å². The fourth-order valence-electron chi connectivity index (χ4n) is 1.35. The highest BCUT2D eigenvalue weighted by molar-refractivity contribution is 5.87. The Morgan fingerprint density at radius 2 is 1.80 bits per heavy atom. The number of hydrogen-bond acceptors (Lipinski definition) is 4. The molecule has 0 spiro atoms. The largest absolute Gasteiger partial charge is 0.448 e. The van der Waals surface area contributed by atoms with Crippen LogP contribution in [0.1, 0.15) is 40.5 Å². The number of rotatable bonds is 3. The normalized spacial score (nSPS) is 27.2. The quantitative estimate of drug-likeness (QED) is 0.670. The van der Waals surface area contributed by atoms with Crippen molar-refractivity contribution in [2.24, 2.45) is 5.41 Å². The van der Waals surface area contributed by atoms with Crippen LogP contribution in [0.3, 0.4) is 0 Å². The van der Waals surface area contributed by atoms with Crippen LogP contribution < -0.4 is 0 Å². The monoisotopic (exact) mass is 214 g/mol. The van der Waals surface area contributed by atoms with E-state index in [1.807, 2.05) is 20.8 Å². The maximum Gasteiger partial charge on any atom is 0.348 e. The van der Waals surface area contributed by atoms with Crippen LogP contribution in [0.25, 0.3) is 0 Å². The summed E-state index contributed by atoms with van der Waals surface area (Å²) in [5.74, 6) is -0.880. The highest BCUT2D eigenvalue weighted by atomic mass is 16.6. The summed E-state index contributed by atoms with van der Waals surface area (Å²) in [5, 5.41) is 0. The van der Waals surface area contributed by atoms with Crippen LogP contribution in [0.15, 0.2) is 0 Å². The number of carbonyl (C=O) groups is 2. The summed E-state index contributed by atoms with van der Waals surface area (Å²) in [5.41, 5.74) is -0.0233. The molecule has 0 aliphatic carbocycles. The van der Waals surface area contributed by atoms with Crippen molar-refractivity contribution < 1.29 is 19.1 Å². The van der Waals surface area contributed by atoms with Gasteiger partial charge in [0.15, 0.2) is 12.2 Å². The first-order valence-corrected chi connectivity index (χ1v) is 5.27. The van der Waals surface area contributed by atoms with Gasteiger partial charge >= 0.3 is 11.9 Å². The van der Waals surface area contributed by atoms with Crippen LogP contribution in [0.5, 0.6) is 0 Å². The Bertz CT molecular complexity index is 270. The van der Waals surface area contributed by atoms with Gasteiger partial charge in [0, 0.05) is 6.42 Å². The molecule has 4 nitrogen and oxygen atoms in total. The van der Waals surface area contributed by atoms with Crippen molar-refractivity contribution in [2.75, 3.05) is 0 Å². The van der Waals surface area contributed by atoms with E-state index in [-0.39, 0.29) is 5.41 Å². The van der Waals surface area contributed by atoms with E-state index >= 15 is 0 Å². The van der Waals surface area contributed by atoms with E-state index in [9.17, 15) is 9.59 Å². The number of carbonyl (C=O) groups excluding carboxylic acids is 2. The molecule has 0 aromatic heterocycles. The topological polar surface area (TPSA) is 52.6 Å². The van der Waals surface area contributed by atoms with Gasteiger partial charge in [-0.05, 0) is 12.3 Å². The molecule has 0 N–H and O–H groups in total. The van der Waals surface area contributed by atoms with Crippen molar-refractivity contribution in [2.45, 2.75) is 52.7 Å². The Hall–Kier alpha value is -1.06. The molecule has 4 heteroatoms. The first-order valence-electron chi connectivity index (χ1n) is 5.27. The van der Waals surface area contributed by atoms with Crippen LogP contribution in [-0.4, -0.2) is 24.1 Å². The summed E-state index contributed by atoms with van der Waals surface area (Å²) >= 11 is 0. The fraction of sp³-hybridized carbons (Fsp3) is 0.818. The molecule has 0 radical (unpaired) electrons. The minimum Gasteiger partial charge on any atom is -0.448 e. The third-order valence-electron chi connectivity index (χ3n) is 2.84. The zero-order valence-corrected chi connectivity index (χ0v) is 9.70. The summed E-state index contributed by atoms with van der Waals surface area (Å²) in [7, 11) is 0. The van der Waals surface area contributed by atoms with Gasteiger partial charge in [-0.1, -0.05) is 27.2 Å². The first-order chi connectivity index (χ1) is 6.85. The first kappa shape index (κ1) is 12.0. The molecule has 1 heterocycles. The predicted octanol–water partition coefficient (Wildman–Crippen LogP) is 1.67. The van der Waals surface area contributed by atoms with E-state index in [1.54, 1.807) is 0 Å². The molecule has 1 aliphatic heterocycles. The van der Waals surface area contributed by atoms with Crippen molar-refractivity contribution in [1.29, 1.82) is 0 Å². The molecular weight excluding hydrogens is 196 g/mol. The molecule has 0 aromatic carbocycles. The third kappa shape index (κ3) is 2.94. The third-order valence-corrected chi connectivity index (χ3v) is 2.84. The van der Waals surface area contributed by atoms with E-state index < -0.39 is 24.1 Å². The molecule has 0 amide bonds. The summed E-state index contributed by atoms with van der Waals surface area (Å²) in [6, 6.07) is 0. The van der Waals surface area contributed by atoms with E-state index in [0.717, 1.165) is 6.42 Å². The highest BCUT2D eigenvalue weighted by Gasteiger charge is 2.38. The molecule has 15 heavy (non-hydrogen) atoms. The number of ether oxygens (including phenoxy) is 2. The van der Waals surface area contributed by atoms with Crippen LogP contribution in [0, 0.1) is 5.41 Å². The predicted molar refractivity (Wildman–Crippen MR) is 54.1 cm³/mol. The molecule has 2 atom stereocenters. The minimum absolute atomic E-state index is 0.0233. The molecule has 0 aromatic rings. The second kappa shape index (κ2) is 4.21. The summed E-state index contributed by atoms with van der Waals surface area (Å²) in [6.45, 7) is 7.62. The van der Waals surface area contributed by atoms with E-state index in [1.165, 1.54) is 6.92 Å². The number of esters is 2. The Morgan fingerprint density at radius 3 is 2.33 bits per heavy atom. The average Bonchev–Trinajstić information content (AvgIpc) is 2.14. The van der Waals surface area contributed by atoms with Crippen molar-refractivity contribution in [1.82, 2.24) is 0 Å². The van der Waals surface area contributed by atoms with Crippen molar-refractivity contribution >= 4 is 11.9 Å². The van der Waals surface area contributed by atoms with Gasteiger partial charge in [-0.15, -0.1) is 0 Å². The van der Waals surface area contributed by atoms with Crippen molar-refractivity contribution in [3.8, 4) is 0 Å². The van der Waals surface area contributed by atoms with E-state index in [4.69, 9.17) is 9.47 Å². The van der Waals surface area contributed by atoms with Gasteiger partial charge in [0.05, 0.1) is 0 Å². The smallest absolute Gasteiger partial charge is 0.348 e. The summed E-state index contributed by atoms with van der Waals surface area (Å²) in [6.07, 6.45) is -0.0628. The highest BCUT2D eigenvalue weighted by Crippen LogP contribution is 2.29. The molecule has 1 fully saturated rings. The number of hydrogen-bond donors (Lipinski definition) is 0. The van der Waals surface area contributed by atoms with Gasteiger partial charge in [0.2, 0.25) is 0 Å². The molecule has 0 bridgehead atoms. The Morgan fingerprint density at radius 1 is 1.20 bits per heavy atom. The molecule has 1 saturated heterocycles. The Labute approximate surface area is 89.9 Å². The molecule has 0 saturated carbocycles. The molecule has 1 aliphatic rings. The van der Waals surface area contributed by atoms with Gasteiger partial charge in [-0.2, -0.15) is 0 Å². The van der Waals surface area contributed by atoms with Gasteiger partial charge in [-0.3, -0.25) is 0 Å². The van der Waals surface area contributed by atoms with Crippen LogP contribution in [-0.2, 0) is 19.1 Å². The van der Waals surface area contributed by atoms with E-state index in [2.05, 4.69) is 0 Å². The van der Waals surface area contributed by atoms with Crippen LogP contribution in [0.2, 0.25) is 0 Å². The van der Waals surface area contributed by atoms with Gasteiger partial charge in [0.1, 0.15) is 0 Å². The van der Waals surface area contributed by atoms with Crippen LogP contribution in [0.4, 0.5) is 0 Å². The van der Waals surface area contributed by atoms with Gasteiger partial charge < -0.3 is 9.47 Å². The van der Waals surface area contributed by atoms with Crippen molar-refractivity contribution in [3.63, 3.8) is 0 Å². The average molecular weight is 214 g/mol. The minimum atomic E-state index is -0.765. The zero-order valence-electron chi connectivity index (χ0n) is 9.70. The lowest BCUT2D eigenvalue weighted by Gasteiger charge is -2.31.